The molecule has 0 radical (unpaired) electrons. The second-order valence-corrected chi connectivity index (χ2v) is 7.00. The van der Waals surface area contributed by atoms with Crippen LogP contribution in [-0.4, -0.2) is 29.9 Å². The smallest absolute Gasteiger partial charge is 0.139 e. The molecule has 7 nitrogen and oxygen atoms in total. The number of benzene rings is 1. The number of H-pyrrole nitrogens is 1. The molecule has 4 aromatic heterocycles. The molecule has 154 valence electrons. The zero-order chi connectivity index (χ0) is 21.4. The molecular formula is C22H16F2N6O. The van der Waals surface area contributed by atoms with Crippen molar-refractivity contribution in [2.45, 2.75) is 6.61 Å². The first kappa shape index (κ1) is 18.9. The summed E-state index contributed by atoms with van der Waals surface area (Å²) in [4.78, 5) is 8.14. The van der Waals surface area contributed by atoms with Crippen LogP contribution in [0.15, 0.2) is 61.3 Å². The quantitative estimate of drug-likeness (QED) is 0.461. The molecule has 5 aromatic rings. The molecule has 1 N–H and O–H groups in total. The maximum Gasteiger partial charge on any atom is 0.139 e. The highest BCUT2D eigenvalue weighted by Gasteiger charge is 2.18. The second-order valence-electron chi connectivity index (χ2n) is 7.00. The van der Waals surface area contributed by atoms with Crippen molar-refractivity contribution in [2.75, 3.05) is 0 Å². The Bertz CT molecular complexity index is 1360. The van der Waals surface area contributed by atoms with Crippen molar-refractivity contribution < 1.29 is 13.5 Å². The van der Waals surface area contributed by atoms with E-state index in [2.05, 4.69) is 25.3 Å². The maximum atomic E-state index is 14.9. The molecule has 0 saturated heterocycles. The van der Waals surface area contributed by atoms with Crippen molar-refractivity contribution in [3.05, 3.63) is 78.5 Å². The van der Waals surface area contributed by atoms with E-state index in [4.69, 9.17) is 4.74 Å². The number of nitrogens with one attached hydrogen (secondary N) is 1. The normalized spacial score (nSPS) is 11.2. The third kappa shape index (κ3) is 3.61. The predicted octanol–water partition coefficient (Wildman–Crippen LogP) is 4.28. The summed E-state index contributed by atoms with van der Waals surface area (Å²) in [6.45, 7) is 0.175. The molecule has 0 unspecified atom stereocenters. The molecule has 0 fully saturated rings. The minimum absolute atomic E-state index is 0.0935. The summed E-state index contributed by atoms with van der Waals surface area (Å²) in [5.41, 5.74) is 2.85. The average molecular weight is 418 g/mol. The van der Waals surface area contributed by atoms with Gasteiger partial charge >= 0.3 is 0 Å². The zero-order valence-corrected chi connectivity index (χ0v) is 16.4. The molecule has 9 heteroatoms. The molecule has 31 heavy (non-hydrogen) atoms. The number of ether oxygens (including phenoxy) is 1. The van der Waals surface area contributed by atoms with E-state index in [1.165, 1.54) is 6.20 Å². The molecule has 5 rings (SSSR count). The summed E-state index contributed by atoms with van der Waals surface area (Å²) < 4.78 is 36.9. The number of aromatic nitrogens is 6. The fourth-order valence-electron chi connectivity index (χ4n) is 3.34. The van der Waals surface area contributed by atoms with Gasteiger partial charge in [-0.05, 0) is 23.8 Å². The first-order valence-corrected chi connectivity index (χ1v) is 9.43. The van der Waals surface area contributed by atoms with Crippen molar-refractivity contribution >= 4 is 10.9 Å². The summed E-state index contributed by atoms with van der Waals surface area (Å²) in [5.74, 6) is -1.43. The lowest BCUT2D eigenvalue weighted by Crippen LogP contribution is -1.99. The van der Waals surface area contributed by atoms with Crippen LogP contribution >= 0.6 is 0 Å². The molecule has 0 aliphatic rings. The Hall–Kier alpha value is -4.14. The Morgan fingerprint density at radius 1 is 1.06 bits per heavy atom. The predicted molar refractivity (Wildman–Crippen MR) is 110 cm³/mol. The van der Waals surface area contributed by atoms with Gasteiger partial charge in [-0.2, -0.15) is 10.2 Å². The van der Waals surface area contributed by atoms with Gasteiger partial charge in [0.2, 0.25) is 0 Å². The van der Waals surface area contributed by atoms with E-state index in [1.807, 2.05) is 6.20 Å². The highest BCUT2D eigenvalue weighted by atomic mass is 19.1. The summed E-state index contributed by atoms with van der Waals surface area (Å²) in [7, 11) is 1.80. The number of aryl methyl sites for hydroxylation is 1. The summed E-state index contributed by atoms with van der Waals surface area (Å²) >= 11 is 0. The van der Waals surface area contributed by atoms with Crippen molar-refractivity contribution in [1.82, 2.24) is 29.9 Å². The Kier molecular flexibility index (Phi) is 4.62. The third-order valence-corrected chi connectivity index (χ3v) is 4.85. The number of rotatable bonds is 5. The van der Waals surface area contributed by atoms with E-state index in [-0.39, 0.29) is 23.6 Å². The third-order valence-electron chi connectivity index (χ3n) is 4.85. The maximum absolute atomic E-state index is 14.9. The molecule has 0 bridgehead atoms. The van der Waals surface area contributed by atoms with E-state index >= 15 is 0 Å². The van der Waals surface area contributed by atoms with Gasteiger partial charge < -0.3 is 4.74 Å². The minimum atomic E-state index is -0.761. The number of fused-ring (bicyclic) bond motifs is 1. The average Bonchev–Trinajstić information content (AvgIpc) is 3.38. The van der Waals surface area contributed by atoms with Gasteiger partial charge in [0.1, 0.15) is 29.7 Å². The van der Waals surface area contributed by atoms with E-state index in [9.17, 15) is 8.78 Å². The standard InChI is InChI=1S/C22H16F2N6O/c1-30-11-14(9-27-30)22-16-8-19(26-10-20(16)28-29-22)21-17(23)6-15(7-18(21)24)31-12-13-2-4-25-5-3-13/h2-11H,12H2,1H3,(H,28,29). The SMILES string of the molecule is Cn1cc(-c2n[nH]c3cnc(-c4c(F)cc(OCc5ccncc5)cc4F)cc23)cn1. The van der Waals surface area contributed by atoms with Gasteiger partial charge in [0.25, 0.3) is 0 Å². The lowest BCUT2D eigenvalue weighted by molar-refractivity contribution is 0.302. The number of hydrogen-bond acceptors (Lipinski definition) is 5. The first-order chi connectivity index (χ1) is 15.1. The molecule has 0 aliphatic carbocycles. The summed E-state index contributed by atoms with van der Waals surface area (Å²) in [5, 5.41) is 12.0. The van der Waals surface area contributed by atoms with Crippen molar-refractivity contribution in [1.29, 1.82) is 0 Å². The van der Waals surface area contributed by atoms with Crippen LogP contribution in [0.3, 0.4) is 0 Å². The van der Waals surface area contributed by atoms with Gasteiger partial charge in [-0.15, -0.1) is 0 Å². The molecule has 0 atom stereocenters. The van der Waals surface area contributed by atoms with Crippen molar-refractivity contribution in [3.63, 3.8) is 0 Å². The highest BCUT2D eigenvalue weighted by Crippen LogP contribution is 2.33. The van der Waals surface area contributed by atoms with E-state index in [0.717, 1.165) is 23.3 Å². The van der Waals surface area contributed by atoms with Crippen LogP contribution in [-0.2, 0) is 13.7 Å². The molecular weight excluding hydrogens is 402 g/mol. The Labute approximate surface area is 175 Å². The Morgan fingerprint density at radius 2 is 1.84 bits per heavy atom. The minimum Gasteiger partial charge on any atom is -0.489 e. The van der Waals surface area contributed by atoms with Gasteiger partial charge in [-0.25, -0.2) is 8.78 Å². The molecule has 4 heterocycles. The van der Waals surface area contributed by atoms with Gasteiger partial charge in [0.05, 0.1) is 29.2 Å². The Balaban J connectivity index is 1.49. The number of aromatic amines is 1. The van der Waals surface area contributed by atoms with Gasteiger partial charge in [-0.1, -0.05) is 0 Å². The van der Waals surface area contributed by atoms with Crippen LogP contribution in [0.25, 0.3) is 33.4 Å². The molecule has 0 aliphatic heterocycles. The number of pyridine rings is 2. The fourth-order valence-corrected chi connectivity index (χ4v) is 3.34. The van der Waals surface area contributed by atoms with Gasteiger partial charge in [0.15, 0.2) is 0 Å². The first-order valence-electron chi connectivity index (χ1n) is 9.43. The van der Waals surface area contributed by atoms with E-state index in [0.29, 0.717) is 16.6 Å². The van der Waals surface area contributed by atoms with Crippen molar-refractivity contribution in [3.8, 4) is 28.3 Å². The zero-order valence-electron chi connectivity index (χ0n) is 16.4. The van der Waals surface area contributed by atoms with Crippen LogP contribution in [0, 0.1) is 11.6 Å². The molecule has 0 saturated carbocycles. The van der Waals surface area contributed by atoms with Crippen molar-refractivity contribution in [2.24, 2.45) is 7.05 Å². The van der Waals surface area contributed by atoms with Crippen LogP contribution in [0.5, 0.6) is 5.75 Å². The van der Waals surface area contributed by atoms with Gasteiger partial charge in [0, 0.05) is 48.7 Å². The van der Waals surface area contributed by atoms with Gasteiger partial charge in [-0.3, -0.25) is 19.7 Å². The number of halogens is 2. The van der Waals surface area contributed by atoms with Crippen LogP contribution in [0.4, 0.5) is 8.78 Å². The summed E-state index contributed by atoms with van der Waals surface area (Å²) in [6.07, 6.45) is 8.24. The number of nitrogens with zero attached hydrogens (tertiary/aromatic N) is 5. The topological polar surface area (TPSA) is 81.5 Å². The second kappa shape index (κ2) is 7.60. The molecule has 1 aromatic carbocycles. The highest BCUT2D eigenvalue weighted by molar-refractivity contribution is 5.94. The molecule has 0 amide bonds. The fraction of sp³-hybridized carbons (Fsp3) is 0.0909. The Morgan fingerprint density at radius 3 is 2.55 bits per heavy atom. The lowest BCUT2D eigenvalue weighted by Gasteiger charge is -2.10. The number of hydrogen-bond donors (Lipinski definition) is 1. The monoisotopic (exact) mass is 418 g/mol. The van der Waals surface area contributed by atoms with E-state index < -0.39 is 11.6 Å². The van der Waals surface area contributed by atoms with Crippen LogP contribution < -0.4 is 4.74 Å². The summed E-state index contributed by atoms with van der Waals surface area (Å²) in [6, 6.07) is 7.46. The van der Waals surface area contributed by atoms with Crippen LogP contribution in [0.1, 0.15) is 5.56 Å². The van der Waals surface area contributed by atoms with Crippen LogP contribution in [0.2, 0.25) is 0 Å². The van der Waals surface area contributed by atoms with E-state index in [1.54, 1.807) is 48.5 Å². The lowest BCUT2D eigenvalue weighted by atomic mass is 10.1. The largest absolute Gasteiger partial charge is 0.489 e. The molecule has 0 spiro atoms.